The second-order valence-electron chi connectivity index (χ2n) is 5.14. The third-order valence-electron chi connectivity index (χ3n) is 3.64. The number of amides is 2. The molecule has 2 heterocycles. The van der Waals surface area contributed by atoms with Crippen LogP contribution in [0.1, 0.15) is 38.6 Å². The fourth-order valence-electron chi connectivity index (χ4n) is 2.52. The van der Waals surface area contributed by atoms with E-state index < -0.39 is 0 Å². The van der Waals surface area contributed by atoms with Gasteiger partial charge in [0.25, 0.3) is 0 Å². The molecule has 0 aliphatic carbocycles. The summed E-state index contributed by atoms with van der Waals surface area (Å²) in [4.78, 5) is 29.5. The van der Waals surface area contributed by atoms with E-state index in [0.717, 1.165) is 12.8 Å². The van der Waals surface area contributed by atoms with Gasteiger partial charge in [0.15, 0.2) is 0 Å². The first-order valence-corrected chi connectivity index (χ1v) is 7.22. The van der Waals surface area contributed by atoms with Gasteiger partial charge in [-0.05, 0) is 6.42 Å². The van der Waals surface area contributed by atoms with Gasteiger partial charge in [0.2, 0.25) is 11.8 Å². The van der Waals surface area contributed by atoms with Crippen LogP contribution < -0.4 is 5.32 Å². The topological polar surface area (TPSA) is 67.2 Å². The summed E-state index contributed by atoms with van der Waals surface area (Å²) in [5.41, 5.74) is 0. The summed E-state index contributed by atoms with van der Waals surface area (Å²) in [5.74, 6) is 0.147. The van der Waals surface area contributed by atoms with Crippen molar-refractivity contribution in [2.45, 2.75) is 38.6 Å². The maximum Gasteiger partial charge on any atom is 0.224 e. The van der Waals surface area contributed by atoms with E-state index in [-0.39, 0.29) is 17.9 Å². The molecule has 1 fully saturated rings. The Morgan fingerprint density at radius 1 is 1.50 bits per heavy atom. The smallest absolute Gasteiger partial charge is 0.224 e. The Bertz CT molecular complexity index is 444. The van der Waals surface area contributed by atoms with E-state index in [9.17, 15) is 9.59 Å². The molecule has 0 spiro atoms. The minimum atomic E-state index is 0.0278. The van der Waals surface area contributed by atoms with Gasteiger partial charge in [0.1, 0.15) is 0 Å². The number of nitrogens with one attached hydrogen (secondary N) is 1. The second-order valence-corrected chi connectivity index (χ2v) is 5.14. The Kier molecular flexibility index (Phi) is 5.15. The van der Waals surface area contributed by atoms with Crippen LogP contribution in [0.25, 0.3) is 0 Å². The van der Waals surface area contributed by atoms with Gasteiger partial charge in [0.05, 0.1) is 6.33 Å². The molecule has 1 atom stereocenters. The number of carbonyl (C=O) groups is 2. The van der Waals surface area contributed by atoms with Crippen molar-refractivity contribution in [1.82, 2.24) is 19.8 Å². The van der Waals surface area contributed by atoms with Gasteiger partial charge >= 0.3 is 0 Å². The van der Waals surface area contributed by atoms with Crippen molar-refractivity contribution in [3.05, 3.63) is 18.7 Å². The van der Waals surface area contributed by atoms with Gasteiger partial charge in [-0.25, -0.2) is 4.98 Å². The van der Waals surface area contributed by atoms with Gasteiger partial charge in [-0.3, -0.25) is 9.59 Å². The highest BCUT2D eigenvalue weighted by Gasteiger charge is 2.22. The van der Waals surface area contributed by atoms with Crippen LogP contribution >= 0.6 is 0 Å². The first kappa shape index (κ1) is 14.6. The second kappa shape index (κ2) is 7.07. The first-order valence-electron chi connectivity index (χ1n) is 7.22. The monoisotopic (exact) mass is 278 g/mol. The number of hydrogen-bond acceptors (Lipinski definition) is 3. The fourth-order valence-corrected chi connectivity index (χ4v) is 2.52. The average molecular weight is 278 g/mol. The molecule has 1 aromatic heterocycles. The molecule has 6 nitrogen and oxygen atoms in total. The predicted molar refractivity (Wildman–Crippen MR) is 75.0 cm³/mol. The number of rotatable bonds is 5. The van der Waals surface area contributed by atoms with Crippen LogP contribution in [0.3, 0.4) is 0 Å². The zero-order valence-electron chi connectivity index (χ0n) is 11.9. The van der Waals surface area contributed by atoms with E-state index >= 15 is 0 Å². The fraction of sp³-hybridized carbons (Fsp3) is 0.643. The molecule has 20 heavy (non-hydrogen) atoms. The van der Waals surface area contributed by atoms with Crippen molar-refractivity contribution in [2.75, 3.05) is 19.6 Å². The van der Waals surface area contributed by atoms with E-state index in [0.29, 0.717) is 32.5 Å². The van der Waals surface area contributed by atoms with Gasteiger partial charge in [-0.15, -0.1) is 0 Å². The number of imidazole rings is 1. The van der Waals surface area contributed by atoms with Gasteiger partial charge in [-0.1, -0.05) is 13.3 Å². The van der Waals surface area contributed by atoms with Crippen molar-refractivity contribution < 1.29 is 9.59 Å². The molecule has 1 N–H and O–H groups in total. The van der Waals surface area contributed by atoms with Crippen LogP contribution in [-0.4, -0.2) is 45.9 Å². The normalized spacial score (nSPS) is 17.4. The maximum atomic E-state index is 12.4. The van der Waals surface area contributed by atoms with Crippen molar-refractivity contribution in [3.63, 3.8) is 0 Å². The quantitative estimate of drug-likeness (QED) is 0.872. The molecule has 2 amide bonds. The molecule has 0 bridgehead atoms. The highest BCUT2D eigenvalue weighted by molar-refractivity contribution is 5.80. The Morgan fingerprint density at radius 3 is 3.05 bits per heavy atom. The van der Waals surface area contributed by atoms with Crippen LogP contribution in [0.15, 0.2) is 18.7 Å². The summed E-state index contributed by atoms with van der Waals surface area (Å²) in [6.45, 7) is 3.79. The largest absolute Gasteiger partial charge is 0.354 e. The van der Waals surface area contributed by atoms with E-state index in [2.05, 4.69) is 17.2 Å². The van der Waals surface area contributed by atoms with E-state index in [1.165, 1.54) is 0 Å². The molecule has 1 aliphatic rings. The zero-order chi connectivity index (χ0) is 14.4. The summed E-state index contributed by atoms with van der Waals surface area (Å²) in [5, 5.41) is 2.79. The molecular formula is C14H22N4O2. The first-order chi connectivity index (χ1) is 9.70. The molecule has 6 heteroatoms. The van der Waals surface area contributed by atoms with Gasteiger partial charge in [-0.2, -0.15) is 0 Å². The summed E-state index contributed by atoms with van der Waals surface area (Å²) in [6.07, 6.45) is 8.25. The molecule has 0 saturated carbocycles. The number of hydrogen-bond donors (Lipinski definition) is 1. The Balaban J connectivity index is 1.95. The minimum Gasteiger partial charge on any atom is -0.354 e. The van der Waals surface area contributed by atoms with Crippen LogP contribution in [0.5, 0.6) is 0 Å². The van der Waals surface area contributed by atoms with Crippen LogP contribution in [0, 0.1) is 0 Å². The van der Waals surface area contributed by atoms with E-state index in [1.54, 1.807) is 17.4 Å². The Labute approximate surface area is 119 Å². The molecule has 1 saturated heterocycles. The molecule has 110 valence electrons. The SMILES string of the molecule is CCCC(CC(=O)N1CCNC(=O)CC1)n1ccnc1. The standard InChI is InChI=1S/C14H22N4O2/c1-2-3-12(18-8-5-15-11-18)10-14(20)17-7-4-13(19)16-6-9-17/h5,8,11-12H,2-4,6-7,9-10H2,1H3,(H,16,19). The third-order valence-corrected chi connectivity index (χ3v) is 3.64. The lowest BCUT2D eigenvalue weighted by Crippen LogP contribution is -2.35. The third kappa shape index (κ3) is 3.82. The molecule has 1 unspecified atom stereocenters. The Hall–Kier alpha value is -1.85. The lowest BCUT2D eigenvalue weighted by molar-refractivity contribution is -0.132. The molecule has 2 rings (SSSR count). The summed E-state index contributed by atoms with van der Waals surface area (Å²) in [7, 11) is 0. The Morgan fingerprint density at radius 2 is 2.35 bits per heavy atom. The minimum absolute atomic E-state index is 0.0278. The lowest BCUT2D eigenvalue weighted by atomic mass is 10.1. The lowest BCUT2D eigenvalue weighted by Gasteiger charge is -2.24. The molecule has 0 radical (unpaired) electrons. The van der Waals surface area contributed by atoms with Gasteiger partial charge < -0.3 is 14.8 Å². The van der Waals surface area contributed by atoms with Gasteiger partial charge in [0, 0.05) is 50.9 Å². The molecule has 1 aliphatic heterocycles. The molecule has 0 aromatic carbocycles. The molecule has 1 aromatic rings. The predicted octanol–water partition coefficient (Wildman–Crippen LogP) is 0.963. The highest BCUT2D eigenvalue weighted by Crippen LogP contribution is 2.19. The summed E-state index contributed by atoms with van der Waals surface area (Å²) in [6, 6.07) is 0.155. The summed E-state index contributed by atoms with van der Waals surface area (Å²) < 4.78 is 2.00. The van der Waals surface area contributed by atoms with E-state index in [4.69, 9.17) is 0 Å². The summed E-state index contributed by atoms with van der Waals surface area (Å²) >= 11 is 0. The van der Waals surface area contributed by atoms with Crippen LogP contribution in [0.4, 0.5) is 0 Å². The van der Waals surface area contributed by atoms with Crippen LogP contribution in [-0.2, 0) is 9.59 Å². The number of carbonyl (C=O) groups excluding carboxylic acids is 2. The van der Waals surface area contributed by atoms with Crippen molar-refractivity contribution in [2.24, 2.45) is 0 Å². The number of nitrogens with zero attached hydrogens (tertiary/aromatic N) is 3. The maximum absolute atomic E-state index is 12.4. The molecular weight excluding hydrogens is 256 g/mol. The van der Waals surface area contributed by atoms with Crippen molar-refractivity contribution >= 4 is 11.8 Å². The van der Waals surface area contributed by atoms with Crippen molar-refractivity contribution in [1.29, 1.82) is 0 Å². The highest BCUT2D eigenvalue weighted by atomic mass is 16.2. The van der Waals surface area contributed by atoms with Crippen molar-refractivity contribution in [3.8, 4) is 0 Å². The number of aromatic nitrogens is 2. The zero-order valence-corrected chi connectivity index (χ0v) is 11.9. The van der Waals surface area contributed by atoms with E-state index in [1.807, 2.05) is 10.8 Å². The average Bonchev–Trinajstić information content (AvgIpc) is 2.87. The van der Waals surface area contributed by atoms with Crippen LogP contribution in [0.2, 0.25) is 0 Å².